The number of halogens is 1. The monoisotopic (exact) mass is 298 g/mol. The van der Waals surface area contributed by atoms with E-state index in [1.807, 2.05) is 30.3 Å². The van der Waals surface area contributed by atoms with Crippen LogP contribution < -0.4 is 0 Å². The molecule has 104 valence electrons. The van der Waals surface area contributed by atoms with Gasteiger partial charge in [-0.1, -0.05) is 41.9 Å². The van der Waals surface area contributed by atoms with Crippen molar-refractivity contribution in [1.82, 2.24) is 4.98 Å². The molecule has 0 aliphatic heterocycles. The Kier molecular flexibility index (Phi) is 4.70. The van der Waals surface area contributed by atoms with E-state index in [2.05, 4.69) is 9.72 Å². The zero-order valence-electron chi connectivity index (χ0n) is 11.2. The molecule has 0 aliphatic carbocycles. The van der Waals surface area contributed by atoms with Crippen molar-refractivity contribution in [3.8, 4) is 17.2 Å². The Hall–Kier alpha value is -2.64. The molecule has 1 aromatic carbocycles. The fraction of sp³-hybridized carbons (Fsp3) is 0.0625. The molecule has 0 spiro atoms. The maximum Gasteiger partial charge on any atom is 0.348 e. The largest absolute Gasteiger partial charge is 0.465 e. The second-order valence-electron chi connectivity index (χ2n) is 4.13. The molecule has 0 bridgehead atoms. The average molecular weight is 299 g/mol. The van der Waals surface area contributed by atoms with Crippen LogP contribution in [-0.4, -0.2) is 18.1 Å². The number of esters is 1. The molecule has 2 rings (SSSR count). The first-order chi connectivity index (χ1) is 10.2. The maximum absolute atomic E-state index is 11.4. The second-order valence-corrected chi connectivity index (χ2v) is 4.49. The molecular weight excluding hydrogens is 288 g/mol. The zero-order valence-corrected chi connectivity index (χ0v) is 12.0. The summed E-state index contributed by atoms with van der Waals surface area (Å²) in [6.07, 6.45) is 3.01. The lowest BCUT2D eigenvalue weighted by molar-refractivity contribution is -0.135. The van der Waals surface area contributed by atoms with Crippen LogP contribution in [0.3, 0.4) is 0 Å². The van der Waals surface area contributed by atoms with Crippen molar-refractivity contribution in [3.63, 3.8) is 0 Å². The number of carbonyl (C=O) groups excluding carboxylic acids is 1. The average Bonchev–Trinajstić information content (AvgIpc) is 2.54. The van der Waals surface area contributed by atoms with Gasteiger partial charge in [0.25, 0.3) is 0 Å². The van der Waals surface area contributed by atoms with Gasteiger partial charge in [0.05, 0.1) is 7.11 Å². The summed E-state index contributed by atoms with van der Waals surface area (Å²) >= 11 is 6.02. The predicted molar refractivity (Wildman–Crippen MR) is 80.3 cm³/mol. The number of rotatable bonds is 3. The number of methoxy groups -OCH3 is 1. The van der Waals surface area contributed by atoms with Crippen LogP contribution in [-0.2, 0) is 9.53 Å². The summed E-state index contributed by atoms with van der Waals surface area (Å²) in [5.41, 5.74) is 2.16. The van der Waals surface area contributed by atoms with E-state index in [1.54, 1.807) is 18.3 Å². The first-order valence-electron chi connectivity index (χ1n) is 6.06. The molecule has 5 heteroatoms. The van der Waals surface area contributed by atoms with Gasteiger partial charge in [-0.2, -0.15) is 5.26 Å². The van der Waals surface area contributed by atoms with Gasteiger partial charge in [0.2, 0.25) is 0 Å². The normalized spacial score (nSPS) is 10.8. The molecule has 2 aromatic rings. The number of nitrogens with zero attached hydrogens (tertiary/aromatic N) is 2. The van der Waals surface area contributed by atoms with Crippen molar-refractivity contribution in [3.05, 3.63) is 58.9 Å². The summed E-state index contributed by atoms with van der Waals surface area (Å²) in [7, 11) is 1.22. The molecule has 0 atom stereocenters. The Labute approximate surface area is 127 Å². The van der Waals surface area contributed by atoms with E-state index in [0.717, 1.165) is 11.1 Å². The van der Waals surface area contributed by atoms with E-state index in [0.29, 0.717) is 5.56 Å². The minimum absolute atomic E-state index is 0.133. The summed E-state index contributed by atoms with van der Waals surface area (Å²) in [5, 5.41) is 9.20. The van der Waals surface area contributed by atoms with E-state index >= 15 is 0 Å². The highest BCUT2D eigenvalue weighted by Gasteiger charge is 2.11. The van der Waals surface area contributed by atoms with Gasteiger partial charge in [0, 0.05) is 17.3 Å². The molecule has 4 nitrogen and oxygen atoms in total. The molecule has 1 aromatic heterocycles. The lowest BCUT2D eigenvalue weighted by Crippen LogP contribution is -2.02. The van der Waals surface area contributed by atoms with Gasteiger partial charge in [0.15, 0.2) is 0 Å². The van der Waals surface area contributed by atoms with Crippen molar-refractivity contribution in [1.29, 1.82) is 5.26 Å². The third-order valence-electron chi connectivity index (χ3n) is 2.80. The van der Waals surface area contributed by atoms with Gasteiger partial charge < -0.3 is 4.74 Å². The third kappa shape index (κ3) is 3.47. The topological polar surface area (TPSA) is 63.0 Å². The van der Waals surface area contributed by atoms with Gasteiger partial charge >= 0.3 is 5.97 Å². The Morgan fingerprint density at radius 1 is 1.33 bits per heavy atom. The summed E-state index contributed by atoms with van der Waals surface area (Å²) in [6.45, 7) is 0. The molecule has 0 amide bonds. The van der Waals surface area contributed by atoms with Crippen molar-refractivity contribution in [2.45, 2.75) is 0 Å². The SMILES string of the molecule is COC(=O)/C(C#N)=C/c1cc(-c2ccccc2)cnc1Cl. The molecule has 21 heavy (non-hydrogen) atoms. The van der Waals surface area contributed by atoms with Gasteiger partial charge in [-0.15, -0.1) is 0 Å². The van der Waals surface area contributed by atoms with Crippen molar-refractivity contribution < 1.29 is 9.53 Å². The molecule has 0 saturated heterocycles. The minimum atomic E-state index is -0.710. The van der Waals surface area contributed by atoms with Gasteiger partial charge in [-0.3, -0.25) is 0 Å². The highest BCUT2D eigenvalue weighted by atomic mass is 35.5. The van der Waals surface area contributed by atoms with Gasteiger partial charge in [0.1, 0.15) is 16.8 Å². The molecule has 0 aliphatic rings. The first kappa shape index (κ1) is 14.8. The predicted octanol–water partition coefficient (Wildman–Crippen LogP) is 3.48. The number of carbonyl (C=O) groups is 1. The second kappa shape index (κ2) is 6.69. The zero-order chi connectivity index (χ0) is 15.2. The van der Waals surface area contributed by atoms with Crippen LogP contribution in [0.5, 0.6) is 0 Å². The van der Waals surface area contributed by atoms with Crippen LogP contribution in [0.15, 0.2) is 48.2 Å². The molecule has 0 radical (unpaired) electrons. The summed E-state index contributed by atoms with van der Waals surface area (Å²) in [4.78, 5) is 15.5. The Morgan fingerprint density at radius 3 is 2.67 bits per heavy atom. The fourth-order valence-electron chi connectivity index (χ4n) is 1.76. The molecule has 0 N–H and O–H groups in total. The standard InChI is InChI=1S/C16H11ClN2O2/c1-21-16(20)13(9-18)7-12-8-14(10-19-15(12)17)11-5-3-2-4-6-11/h2-8,10H,1H3/b13-7+. The Bertz CT molecular complexity index is 734. The van der Waals surface area contributed by atoms with E-state index in [9.17, 15) is 4.79 Å². The molecule has 1 heterocycles. The van der Waals surface area contributed by atoms with E-state index in [4.69, 9.17) is 16.9 Å². The lowest BCUT2D eigenvalue weighted by atomic mass is 10.1. The van der Waals surface area contributed by atoms with Crippen molar-refractivity contribution in [2.24, 2.45) is 0 Å². The molecule has 0 saturated carbocycles. The fourth-order valence-corrected chi connectivity index (χ4v) is 1.91. The van der Waals surface area contributed by atoms with Crippen molar-refractivity contribution >= 4 is 23.6 Å². The van der Waals surface area contributed by atoms with E-state index < -0.39 is 5.97 Å². The maximum atomic E-state index is 11.4. The van der Waals surface area contributed by atoms with Gasteiger partial charge in [-0.25, -0.2) is 9.78 Å². The molecule has 0 unspecified atom stereocenters. The molecular formula is C16H11ClN2O2. The van der Waals surface area contributed by atoms with Crippen LogP contribution in [0.2, 0.25) is 5.15 Å². The van der Waals surface area contributed by atoms with Crippen LogP contribution in [0.4, 0.5) is 0 Å². The number of aromatic nitrogens is 1. The lowest BCUT2D eigenvalue weighted by Gasteiger charge is -2.04. The van der Waals surface area contributed by atoms with E-state index in [-0.39, 0.29) is 10.7 Å². The van der Waals surface area contributed by atoms with Crippen LogP contribution in [0, 0.1) is 11.3 Å². The summed E-state index contributed by atoms with van der Waals surface area (Å²) in [5.74, 6) is -0.710. The number of nitriles is 1. The quantitative estimate of drug-likeness (QED) is 0.377. The summed E-state index contributed by atoms with van der Waals surface area (Å²) in [6, 6.07) is 13.2. The Morgan fingerprint density at radius 2 is 2.05 bits per heavy atom. The van der Waals surface area contributed by atoms with Crippen LogP contribution in [0.1, 0.15) is 5.56 Å². The number of hydrogen-bond donors (Lipinski definition) is 0. The van der Waals surface area contributed by atoms with Gasteiger partial charge in [-0.05, 0) is 17.7 Å². The highest BCUT2D eigenvalue weighted by molar-refractivity contribution is 6.31. The third-order valence-corrected chi connectivity index (χ3v) is 3.11. The number of hydrogen-bond acceptors (Lipinski definition) is 4. The smallest absolute Gasteiger partial charge is 0.348 e. The Balaban J connectivity index is 2.48. The summed E-state index contributed by atoms with van der Waals surface area (Å²) < 4.78 is 4.54. The number of benzene rings is 1. The highest BCUT2D eigenvalue weighted by Crippen LogP contribution is 2.24. The van der Waals surface area contributed by atoms with Crippen LogP contribution in [0.25, 0.3) is 17.2 Å². The molecule has 0 fully saturated rings. The minimum Gasteiger partial charge on any atom is -0.465 e. The van der Waals surface area contributed by atoms with E-state index in [1.165, 1.54) is 13.2 Å². The number of ether oxygens (including phenoxy) is 1. The van der Waals surface area contributed by atoms with Crippen LogP contribution >= 0.6 is 11.6 Å². The van der Waals surface area contributed by atoms with Crippen molar-refractivity contribution in [2.75, 3.05) is 7.11 Å². The number of pyridine rings is 1. The first-order valence-corrected chi connectivity index (χ1v) is 6.44.